The number of rotatable bonds is 2. The summed E-state index contributed by atoms with van der Waals surface area (Å²) in [6, 6.07) is 5.14. The summed E-state index contributed by atoms with van der Waals surface area (Å²) in [5.74, 6) is -0.895. The summed E-state index contributed by atoms with van der Waals surface area (Å²) in [6.45, 7) is 2.32. The molecule has 0 unspecified atom stereocenters. The Morgan fingerprint density at radius 3 is 2.35 bits per heavy atom. The fourth-order valence-electron chi connectivity index (χ4n) is 3.74. The van der Waals surface area contributed by atoms with Gasteiger partial charge in [0.15, 0.2) is 0 Å². The first kappa shape index (κ1) is 18.2. The highest BCUT2D eigenvalue weighted by Gasteiger charge is 2.32. The molecule has 7 nitrogen and oxygen atoms in total. The normalized spacial score (nSPS) is 17.6. The van der Waals surface area contributed by atoms with Crippen LogP contribution in [0.4, 0.5) is 4.79 Å². The molecular weight excluding hydrogens is 334 g/mol. The van der Waals surface area contributed by atoms with E-state index < -0.39 is 5.97 Å². The minimum atomic E-state index is -0.950. The van der Waals surface area contributed by atoms with Crippen molar-refractivity contribution in [3.8, 4) is 0 Å². The number of hydrogen-bond donors (Lipinski definition) is 1. The van der Waals surface area contributed by atoms with Crippen LogP contribution in [0, 0.1) is 5.92 Å². The van der Waals surface area contributed by atoms with E-state index in [-0.39, 0.29) is 23.4 Å². The van der Waals surface area contributed by atoms with Crippen molar-refractivity contribution in [1.29, 1.82) is 0 Å². The maximum absolute atomic E-state index is 12.9. The van der Waals surface area contributed by atoms with Gasteiger partial charge in [0, 0.05) is 46.2 Å². The molecule has 1 aromatic rings. The lowest BCUT2D eigenvalue weighted by Crippen LogP contribution is -2.47. The van der Waals surface area contributed by atoms with Gasteiger partial charge in [-0.1, -0.05) is 6.07 Å². The number of urea groups is 1. The van der Waals surface area contributed by atoms with Gasteiger partial charge in [0.2, 0.25) is 5.91 Å². The van der Waals surface area contributed by atoms with Gasteiger partial charge >= 0.3 is 12.0 Å². The van der Waals surface area contributed by atoms with Crippen LogP contribution in [0.3, 0.4) is 0 Å². The van der Waals surface area contributed by atoms with Gasteiger partial charge in [-0.3, -0.25) is 4.79 Å². The zero-order valence-corrected chi connectivity index (χ0v) is 15.3. The molecule has 0 radical (unpaired) electrons. The predicted molar refractivity (Wildman–Crippen MR) is 95.9 cm³/mol. The largest absolute Gasteiger partial charge is 0.478 e. The third kappa shape index (κ3) is 3.66. The first-order valence-corrected chi connectivity index (χ1v) is 8.97. The van der Waals surface area contributed by atoms with E-state index in [4.69, 9.17) is 5.11 Å². The van der Waals surface area contributed by atoms with E-state index in [1.807, 2.05) is 11.0 Å². The summed E-state index contributed by atoms with van der Waals surface area (Å²) in [7, 11) is 3.46. The zero-order chi connectivity index (χ0) is 18.8. The molecule has 3 amide bonds. The van der Waals surface area contributed by atoms with Crippen molar-refractivity contribution >= 4 is 17.9 Å². The molecule has 3 rings (SSSR count). The summed E-state index contributed by atoms with van der Waals surface area (Å²) < 4.78 is 0. The van der Waals surface area contributed by atoms with Crippen molar-refractivity contribution < 1.29 is 19.5 Å². The predicted octanol–water partition coefficient (Wildman–Crippen LogP) is 1.66. The molecule has 1 N–H and O–H groups in total. The van der Waals surface area contributed by atoms with Crippen LogP contribution in [0.15, 0.2) is 18.2 Å². The molecule has 1 fully saturated rings. The molecule has 0 bridgehead atoms. The Balaban J connectivity index is 1.62. The summed E-state index contributed by atoms with van der Waals surface area (Å²) in [6.07, 6.45) is 2.10. The number of amides is 3. The highest BCUT2D eigenvalue weighted by atomic mass is 16.4. The van der Waals surface area contributed by atoms with Crippen LogP contribution in [0.5, 0.6) is 0 Å². The molecule has 0 saturated carbocycles. The third-order valence-electron chi connectivity index (χ3n) is 5.27. The summed E-state index contributed by atoms with van der Waals surface area (Å²) in [4.78, 5) is 41.2. The average molecular weight is 359 g/mol. The Labute approximate surface area is 153 Å². The summed E-state index contributed by atoms with van der Waals surface area (Å²) in [5, 5.41) is 9.16. The van der Waals surface area contributed by atoms with Gasteiger partial charge in [0.25, 0.3) is 0 Å². The molecule has 1 saturated heterocycles. The Morgan fingerprint density at radius 1 is 1.04 bits per heavy atom. The smallest absolute Gasteiger partial charge is 0.335 e. The van der Waals surface area contributed by atoms with E-state index >= 15 is 0 Å². The number of carboxylic acid groups (broad SMARTS) is 1. The second kappa shape index (κ2) is 7.35. The molecule has 0 aromatic heterocycles. The van der Waals surface area contributed by atoms with E-state index in [0.717, 1.165) is 17.5 Å². The number of benzene rings is 1. The van der Waals surface area contributed by atoms with E-state index in [2.05, 4.69) is 0 Å². The van der Waals surface area contributed by atoms with Crippen molar-refractivity contribution in [2.45, 2.75) is 25.8 Å². The lowest BCUT2D eigenvalue weighted by Gasteiger charge is -2.36. The molecule has 2 aliphatic rings. The van der Waals surface area contributed by atoms with Crippen LogP contribution >= 0.6 is 0 Å². The summed E-state index contributed by atoms with van der Waals surface area (Å²) in [5.41, 5.74) is 2.30. The SMILES string of the molecule is CN(C)C(=O)N1CCC(C(=O)N2CCc3ccc(C(=O)O)cc3C2)CC1. The standard InChI is InChI=1S/C19H25N3O4/c1-20(2)19(26)21-8-6-14(7-9-21)17(23)22-10-5-13-3-4-15(18(24)25)11-16(13)12-22/h3-4,11,14H,5-10,12H2,1-2H3,(H,24,25). The summed E-state index contributed by atoms with van der Waals surface area (Å²) >= 11 is 0. The number of aromatic carboxylic acids is 1. The Bertz CT molecular complexity index is 723. The fraction of sp³-hybridized carbons (Fsp3) is 0.526. The highest BCUT2D eigenvalue weighted by Crippen LogP contribution is 2.25. The molecular formula is C19H25N3O4. The van der Waals surface area contributed by atoms with Crippen LogP contribution in [0.2, 0.25) is 0 Å². The van der Waals surface area contributed by atoms with Gasteiger partial charge in [-0.25, -0.2) is 9.59 Å². The molecule has 7 heteroatoms. The van der Waals surface area contributed by atoms with E-state index in [1.165, 1.54) is 0 Å². The molecule has 0 aliphatic carbocycles. The van der Waals surface area contributed by atoms with Gasteiger partial charge in [-0.15, -0.1) is 0 Å². The fourth-order valence-corrected chi connectivity index (χ4v) is 3.74. The van der Waals surface area contributed by atoms with Gasteiger partial charge in [0.1, 0.15) is 0 Å². The number of nitrogens with zero attached hydrogens (tertiary/aromatic N) is 3. The molecule has 140 valence electrons. The van der Waals surface area contributed by atoms with Gasteiger partial charge in [-0.05, 0) is 42.5 Å². The first-order chi connectivity index (χ1) is 12.4. The van der Waals surface area contributed by atoms with E-state index in [1.54, 1.807) is 36.0 Å². The van der Waals surface area contributed by atoms with E-state index in [9.17, 15) is 14.4 Å². The van der Waals surface area contributed by atoms with E-state index in [0.29, 0.717) is 39.0 Å². The van der Waals surface area contributed by atoms with Gasteiger partial charge in [-0.2, -0.15) is 0 Å². The number of carboxylic acids is 1. The molecule has 0 spiro atoms. The van der Waals surface area contributed by atoms with Crippen molar-refractivity contribution in [3.63, 3.8) is 0 Å². The second-order valence-electron chi connectivity index (χ2n) is 7.24. The third-order valence-corrected chi connectivity index (χ3v) is 5.27. The monoisotopic (exact) mass is 359 g/mol. The minimum Gasteiger partial charge on any atom is -0.478 e. The number of carbonyl (C=O) groups is 3. The number of hydrogen-bond acceptors (Lipinski definition) is 3. The van der Waals surface area contributed by atoms with Crippen LogP contribution in [0.1, 0.15) is 34.3 Å². The second-order valence-corrected chi connectivity index (χ2v) is 7.24. The van der Waals surface area contributed by atoms with Crippen molar-refractivity contribution in [3.05, 3.63) is 34.9 Å². The quantitative estimate of drug-likeness (QED) is 0.871. The topological polar surface area (TPSA) is 81.2 Å². The number of carbonyl (C=O) groups excluding carboxylic acids is 2. The minimum absolute atomic E-state index is 0.0102. The molecule has 26 heavy (non-hydrogen) atoms. The van der Waals surface area contributed by atoms with Crippen LogP contribution < -0.4 is 0 Å². The van der Waals surface area contributed by atoms with Gasteiger partial charge < -0.3 is 19.8 Å². The Morgan fingerprint density at radius 2 is 1.73 bits per heavy atom. The number of likely N-dealkylation sites (tertiary alicyclic amines) is 1. The zero-order valence-electron chi connectivity index (χ0n) is 15.3. The number of piperidine rings is 1. The average Bonchev–Trinajstić information content (AvgIpc) is 2.65. The molecule has 1 aromatic carbocycles. The Kier molecular flexibility index (Phi) is 5.15. The molecule has 2 heterocycles. The molecule has 2 aliphatic heterocycles. The highest BCUT2D eigenvalue weighted by molar-refractivity contribution is 5.88. The number of fused-ring (bicyclic) bond motifs is 1. The Hall–Kier alpha value is -2.57. The maximum Gasteiger partial charge on any atom is 0.335 e. The maximum atomic E-state index is 12.9. The van der Waals surface area contributed by atoms with Gasteiger partial charge in [0.05, 0.1) is 5.56 Å². The van der Waals surface area contributed by atoms with Crippen LogP contribution in [-0.4, -0.2) is 71.4 Å². The molecule has 0 atom stereocenters. The lowest BCUT2D eigenvalue weighted by atomic mass is 9.92. The van der Waals surface area contributed by atoms with Crippen molar-refractivity contribution in [1.82, 2.24) is 14.7 Å². The van der Waals surface area contributed by atoms with Crippen LogP contribution in [-0.2, 0) is 17.8 Å². The van der Waals surface area contributed by atoms with Crippen molar-refractivity contribution in [2.75, 3.05) is 33.7 Å². The van der Waals surface area contributed by atoms with Crippen molar-refractivity contribution in [2.24, 2.45) is 5.92 Å². The van der Waals surface area contributed by atoms with Crippen LogP contribution in [0.25, 0.3) is 0 Å². The first-order valence-electron chi connectivity index (χ1n) is 8.97. The lowest BCUT2D eigenvalue weighted by molar-refractivity contribution is -0.137.